The van der Waals surface area contributed by atoms with Crippen LogP contribution in [0, 0.1) is 12.8 Å². The Bertz CT molecular complexity index is 772. The molecule has 1 amide bonds. The van der Waals surface area contributed by atoms with Gasteiger partial charge in [-0.25, -0.2) is 0 Å². The minimum atomic E-state index is 0.0377. The third kappa shape index (κ3) is 3.70. The average Bonchev–Trinajstić information content (AvgIpc) is 2.99. The van der Waals surface area contributed by atoms with E-state index in [9.17, 15) is 4.79 Å². The van der Waals surface area contributed by atoms with Crippen LogP contribution in [0.2, 0.25) is 0 Å². The van der Waals surface area contributed by atoms with Gasteiger partial charge in [0, 0.05) is 24.5 Å². The van der Waals surface area contributed by atoms with E-state index in [1.165, 1.54) is 31.2 Å². The van der Waals surface area contributed by atoms with E-state index in [1.807, 2.05) is 12.1 Å². The molecule has 2 heterocycles. The molecule has 4 rings (SSSR count). The molecular formula is C20H29N5O. The Morgan fingerprint density at radius 3 is 2.81 bits per heavy atom. The summed E-state index contributed by atoms with van der Waals surface area (Å²) in [7, 11) is 0. The number of carbonyl (C=O) groups excluding carboxylic acids is 1. The lowest BCUT2D eigenvalue weighted by Gasteiger charge is -2.46. The molecule has 1 saturated heterocycles. The van der Waals surface area contributed by atoms with Crippen LogP contribution in [0.1, 0.15) is 38.2 Å². The average molecular weight is 355 g/mol. The summed E-state index contributed by atoms with van der Waals surface area (Å²) in [6.07, 6.45) is 5.32. The number of H-pyrrole nitrogens is 1. The summed E-state index contributed by atoms with van der Waals surface area (Å²) in [6, 6.07) is 7.16. The van der Waals surface area contributed by atoms with E-state index in [-0.39, 0.29) is 12.5 Å². The molecule has 0 spiro atoms. The Balaban J connectivity index is 1.22. The van der Waals surface area contributed by atoms with Gasteiger partial charge in [0.2, 0.25) is 5.91 Å². The molecule has 1 aromatic carbocycles. The van der Waals surface area contributed by atoms with Crippen molar-refractivity contribution < 1.29 is 4.79 Å². The summed E-state index contributed by atoms with van der Waals surface area (Å²) in [5.74, 6) is 1.66. The summed E-state index contributed by atoms with van der Waals surface area (Å²) in [6.45, 7) is 6.65. The van der Waals surface area contributed by atoms with Gasteiger partial charge in [-0.1, -0.05) is 18.6 Å². The third-order valence-corrected chi connectivity index (χ3v) is 5.91. The van der Waals surface area contributed by atoms with Crippen molar-refractivity contribution in [2.75, 3.05) is 25.0 Å². The van der Waals surface area contributed by atoms with Crippen molar-refractivity contribution in [2.45, 2.75) is 51.6 Å². The number of aromatic nitrogens is 2. The molecule has 1 aliphatic carbocycles. The lowest BCUT2D eigenvalue weighted by Crippen LogP contribution is -2.63. The first kappa shape index (κ1) is 17.3. The van der Waals surface area contributed by atoms with Crippen LogP contribution in [0.5, 0.6) is 0 Å². The molecule has 1 aliphatic heterocycles. The number of aryl methyl sites for hydroxylation is 1. The molecule has 0 bridgehead atoms. The predicted molar refractivity (Wildman–Crippen MR) is 104 cm³/mol. The van der Waals surface area contributed by atoms with Gasteiger partial charge < -0.3 is 10.6 Å². The molecule has 0 unspecified atom stereocenters. The van der Waals surface area contributed by atoms with Crippen molar-refractivity contribution in [1.82, 2.24) is 20.4 Å². The molecular weight excluding hydrogens is 326 g/mol. The maximum Gasteiger partial charge on any atom is 0.239 e. The normalized spacial score (nSPS) is 24.4. The van der Waals surface area contributed by atoms with Gasteiger partial charge in [-0.2, -0.15) is 5.10 Å². The Morgan fingerprint density at radius 1 is 1.27 bits per heavy atom. The number of rotatable bonds is 5. The Morgan fingerprint density at radius 2 is 2.04 bits per heavy atom. The Hall–Kier alpha value is -2.08. The minimum Gasteiger partial charge on any atom is -0.359 e. The zero-order valence-electron chi connectivity index (χ0n) is 15.7. The van der Waals surface area contributed by atoms with Crippen molar-refractivity contribution in [2.24, 2.45) is 5.92 Å². The fourth-order valence-electron chi connectivity index (χ4n) is 4.22. The number of aromatic amines is 1. The van der Waals surface area contributed by atoms with Crippen LogP contribution in [0.4, 0.5) is 5.82 Å². The van der Waals surface area contributed by atoms with Crippen LogP contribution in [0.25, 0.3) is 10.9 Å². The van der Waals surface area contributed by atoms with Crippen LogP contribution >= 0.6 is 0 Å². The molecule has 6 heteroatoms. The van der Waals surface area contributed by atoms with Gasteiger partial charge in [0.25, 0.3) is 0 Å². The molecule has 6 nitrogen and oxygen atoms in total. The number of benzene rings is 1. The van der Waals surface area contributed by atoms with Crippen LogP contribution < -0.4 is 10.6 Å². The molecule has 0 radical (unpaired) electrons. The maximum absolute atomic E-state index is 12.2. The fraction of sp³-hybridized carbons (Fsp3) is 0.600. The summed E-state index contributed by atoms with van der Waals surface area (Å²) >= 11 is 0. The second-order valence-electron chi connectivity index (χ2n) is 8.11. The molecule has 2 aromatic rings. The second-order valence-corrected chi connectivity index (χ2v) is 8.11. The van der Waals surface area contributed by atoms with Crippen molar-refractivity contribution in [3.05, 3.63) is 23.8 Å². The summed E-state index contributed by atoms with van der Waals surface area (Å²) in [4.78, 5) is 14.8. The van der Waals surface area contributed by atoms with Crippen molar-refractivity contribution >= 4 is 22.6 Å². The fourth-order valence-corrected chi connectivity index (χ4v) is 4.22. The van der Waals surface area contributed by atoms with Gasteiger partial charge in [0.1, 0.15) is 0 Å². The first-order valence-corrected chi connectivity index (χ1v) is 9.80. The number of carbonyl (C=O) groups is 1. The van der Waals surface area contributed by atoms with E-state index in [0.717, 1.165) is 41.8 Å². The highest BCUT2D eigenvalue weighted by Gasteiger charge is 2.34. The number of likely N-dealkylation sites (tertiary alicyclic amines) is 1. The number of hydrogen-bond acceptors (Lipinski definition) is 4. The van der Waals surface area contributed by atoms with Crippen LogP contribution in [0.3, 0.4) is 0 Å². The number of fused-ring (bicyclic) bond motifs is 1. The van der Waals surface area contributed by atoms with Crippen molar-refractivity contribution in [1.29, 1.82) is 0 Å². The zero-order valence-corrected chi connectivity index (χ0v) is 15.7. The van der Waals surface area contributed by atoms with E-state index < -0.39 is 0 Å². The first-order chi connectivity index (χ1) is 12.6. The molecule has 140 valence electrons. The monoisotopic (exact) mass is 355 g/mol. The van der Waals surface area contributed by atoms with Gasteiger partial charge in [0.05, 0.1) is 18.1 Å². The summed E-state index contributed by atoms with van der Waals surface area (Å²) in [5, 5.41) is 14.6. The zero-order chi connectivity index (χ0) is 18.1. The number of amides is 1. The lowest BCUT2D eigenvalue weighted by atomic mass is 9.85. The molecule has 2 fully saturated rings. The Kier molecular flexibility index (Phi) is 4.85. The van der Waals surface area contributed by atoms with E-state index in [1.54, 1.807) is 0 Å². The molecule has 2 aliphatic rings. The van der Waals surface area contributed by atoms with Gasteiger partial charge in [0.15, 0.2) is 5.82 Å². The number of anilines is 1. The highest BCUT2D eigenvalue weighted by Crippen LogP contribution is 2.29. The maximum atomic E-state index is 12.2. The third-order valence-electron chi connectivity index (χ3n) is 5.91. The van der Waals surface area contributed by atoms with Crippen LogP contribution in [-0.4, -0.2) is 52.7 Å². The van der Waals surface area contributed by atoms with Crippen molar-refractivity contribution in [3.63, 3.8) is 0 Å². The van der Waals surface area contributed by atoms with Crippen LogP contribution in [0.15, 0.2) is 18.2 Å². The largest absolute Gasteiger partial charge is 0.359 e. The standard InChI is InChI=1S/C20H29N5O/c1-13-3-6-16(7-4-13)25-11-15(12-25)22-19(26)10-21-20-17-9-14(2)5-8-18(17)23-24-20/h5,8-9,13,15-16H,3-4,6-7,10-12H2,1-2H3,(H,22,26)(H2,21,23,24)/t13-,16+. The van der Waals surface area contributed by atoms with E-state index in [0.29, 0.717) is 6.04 Å². The first-order valence-electron chi connectivity index (χ1n) is 9.80. The minimum absolute atomic E-state index is 0.0377. The van der Waals surface area contributed by atoms with E-state index in [2.05, 4.69) is 45.6 Å². The molecule has 3 N–H and O–H groups in total. The van der Waals surface area contributed by atoms with Gasteiger partial charge in [-0.05, 0) is 50.7 Å². The summed E-state index contributed by atoms with van der Waals surface area (Å²) < 4.78 is 0. The topological polar surface area (TPSA) is 73.0 Å². The van der Waals surface area contributed by atoms with E-state index in [4.69, 9.17) is 0 Å². The summed E-state index contributed by atoms with van der Waals surface area (Å²) in [5.41, 5.74) is 2.16. The second kappa shape index (κ2) is 7.27. The van der Waals surface area contributed by atoms with E-state index >= 15 is 0 Å². The number of nitrogens with one attached hydrogen (secondary N) is 3. The van der Waals surface area contributed by atoms with Gasteiger partial charge in [-0.15, -0.1) is 0 Å². The Labute approximate surface area is 154 Å². The van der Waals surface area contributed by atoms with Crippen LogP contribution in [-0.2, 0) is 4.79 Å². The smallest absolute Gasteiger partial charge is 0.239 e. The molecule has 26 heavy (non-hydrogen) atoms. The lowest BCUT2D eigenvalue weighted by molar-refractivity contribution is -0.121. The van der Waals surface area contributed by atoms with Gasteiger partial charge in [-0.3, -0.25) is 14.8 Å². The highest BCUT2D eigenvalue weighted by molar-refractivity contribution is 5.92. The molecule has 1 saturated carbocycles. The predicted octanol–water partition coefficient (Wildman–Crippen LogP) is 2.66. The van der Waals surface area contributed by atoms with Gasteiger partial charge >= 0.3 is 0 Å². The molecule has 1 aromatic heterocycles. The quantitative estimate of drug-likeness (QED) is 0.771. The number of nitrogens with zero attached hydrogens (tertiary/aromatic N) is 2. The van der Waals surface area contributed by atoms with Crippen molar-refractivity contribution in [3.8, 4) is 0 Å². The number of hydrogen-bond donors (Lipinski definition) is 3. The molecule has 0 atom stereocenters. The SMILES string of the molecule is Cc1ccc2[nH]nc(NCC(=O)NC3CN([C@H]4CC[C@@H](C)CC4)C3)c2c1. The highest BCUT2D eigenvalue weighted by atomic mass is 16.2.